The number of carbonyl (C=O) groups is 1. The van der Waals surface area contributed by atoms with Crippen LogP contribution in [0.3, 0.4) is 0 Å². The maximum absolute atomic E-state index is 12.7. The number of rotatable bonds is 4. The maximum Gasteiger partial charge on any atom is 0.253 e. The number of nitrogens with two attached hydrogens (primary N) is 1. The summed E-state index contributed by atoms with van der Waals surface area (Å²) in [6.45, 7) is 0.666. The van der Waals surface area contributed by atoms with Crippen molar-refractivity contribution in [1.29, 1.82) is 0 Å². The van der Waals surface area contributed by atoms with Crippen molar-refractivity contribution in [3.8, 4) is 0 Å². The number of amides is 1. The molecule has 0 bridgehead atoms. The lowest BCUT2D eigenvalue weighted by Crippen LogP contribution is -2.42. The third-order valence-electron chi connectivity index (χ3n) is 6.18. The van der Waals surface area contributed by atoms with Gasteiger partial charge in [0.25, 0.3) is 5.91 Å². The molecular formula is C24H27N5O. The van der Waals surface area contributed by atoms with Gasteiger partial charge in [0.05, 0.1) is 16.8 Å². The fraction of sp³-hybridized carbons (Fsp3) is 0.333. The van der Waals surface area contributed by atoms with Crippen molar-refractivity contribution < 1.29 is 4.79 Å². The largest absolute Gasteiger partial charge is 0.381 e. The van der Waals surface area contributed by atoms with E-state index in [2.05, 4.69) is 33.1 Å². The van der Waals surface area contributed by atoms with Crippen LogP contribution in [0.4, 0.5) is 17.1 Å². The highest BCUT2D eigenvalue weighted by Crippen LogP contribution is 2.32. The minimum atomic E-state index is -0.0258. The number of anilines is 3. The molecule has 0 saturated heterocycles. The topological polar surface area (TPSA) is 92.1 Å². The van der Waals surface area contributed by atoms with E-state index < -0.39 is 0 Å². The molecule has 2 heterocycles. The number of carbonyl (C=O) groups excluding carboxylic acids is 1. The smallest absolute Gasteiger partial charge is 0.253 e. The molecule has 154 valence electrons. The van der Waals surface area contributed by atoms with Crippen molar-refractivity contribution in [2.45, 2.75) is 44.2 Å². The summed E-state index contributed by atoms with van der Waals surface area (Å²) in [6.07, 6.45) is 7.16. The summed E-state index contributed by atoms with van der Waals surface area (Å²) in [5.74, 6) is -0.0258. The SMILES string of the molecule is N[C@H]1CCCC[C@H]1Nc1cc2c(c(Nc3ccc4ncccc4c3)c1)C(=O)NCC2. The van der Waals surface area contributed by atoms with Gasteiger partial charge in [-0.3, -0.25) is 9.78 Å². The van der Waals surface area contributed by atoms with Crippen LogP contribution in [0.15, 0.2) is 48.7 Å². The Morgan fingerprint density at radius 2 is 1.97 bits per heavy atom. The van der Waals surface area contributed by atoms with Gasteiger partial charge >= 0.3 is 0 Å². The van der Waals surface area contributed by atoms with Gasteiger partial charge in [0, 0.05) is 41.6 Å². The molecule has 2 atom stereocenters. The highest BCUT2D eigenvalue weighted by molar-refractivity contribution is 6.03. The molecule has 5 rings (SSSR count). The number of hydrogen-bond donors (Lipinski definition) is 4. The van der Waals surface area contributed by atoms with Gasteiger partial charge in [-0.2, -0.15) is 0 Å². The molecule has 2 aromatic carbocycles. The maximum atomic E-state index is 12.7. The second kappa shape index (κ2) is 7.95. The van der Waals surface area contributed by atoms with Crippen molar-refractivity contribution in [2.24, 2.45) is 5.73 Å². The van der Waals surface area contributed by atoms with Crippen molar-refractivity contribution >= 4 is 33.9 Å². The van der Waals surface area contributed by atoms with Crippen LogP contribution >= 0.6 is 0 Å². The predicted molar refractivity (Wildman–Crippen MR) is 121 cm³/mol. The van der Waals surface area contributed by atoms with Crippen LogP contribution in [0.25, 0.3) is 10.9 Å². The first kappa shape index (κ1) is 18.9. The third kappa shape index (κ3) is 3.71. The quantitative estimate of drug-likeness (QED) is 0.531. The fourth-order valence-corrected chi connectivity index (χ4v) is 4.61. The van der Waals surface area contributed by atoms with Gasteiger partial charge in [0.2, 0.25) is 0 Å². The van der Waals surface area contributed by atoms with Gasteiger partial charge < -0.3 is 21.7 Å². The molecule has 3 aromatic rings. The van der Waals surface area contributed by atoms with Crippen LogP contribution in [-0.4, -0.2) is 29.5 Å². The van der Waals surface area contributed by atoms with Gasteiger partial charge in [-0.05, 0) is 61.2 Å². The number of nitrogens with one attached hydrogen (secondary N) is 3. The van der Waals surface area contributed by atoms with E-state index in [1.54, 1.807) is 6.20 Å². The van der Waals surface area contributed by atoms with Crippen LogP contribution in [0.5, 0.6) is 0 Å². The molecule has 1 fully saturated rings. The van der Waals surface area contributed by atoms with Crippen LogP contribution in [-0.2, 0) is 6.42 Å². The van der Waals surface area contributed by atoms with E-state index in [-0.39, 0.29) is 18.0 Å². The van der Waals surface area contributed by atoms with Gasteiger partial charge in [-0.25, -0.2) is 0 Å². The average Bonchev–Trinajstić information content (AvgIpc) is 2.75. The lowest BCUT2D eigenvalue weighted by Gasteiger charge is -2.31. The van der Waals surface area contributed by atoms with Crippen LogP contribution in [0.2, 0.25) is 0 Å². The van der Waals surface area contributed by atoms with Crippen molar-refractivity contribution in [3.63, 3.8) is 0 Å². The van der Waals surface area contributed by atoms with Gasteiger partial charge in [-0.15, -0.1) is 0 Å². The zero-order valence-electron chi connectivity index (χ0n) is 16.9. The minimum absolute atomic E-state index is 0.0258. The summed E-state index contributed by atoms with van der Waals surface area (Å²) in [5, 5.41) is 11.2. The number of benzene rings is 2. The summed E-state index contributed by atoms with van der Waals surface area (Å²) < 4.78 is 0. The molecule has 0 spiro atoms. The Morgan fingerprint density at radius 3 is 2.87 bits per heavy atom. The zero-order valence-corrected chi connectivity index (χ0v) is 16.9. The molecule has 1 aliphatic carbocycles. The average molecular weight is 402 g/mol. The highest BCUT2D eigenvalue weighted by Gasteiger charge is 2.25. The van der Waals surface area contributed by atoms with Crippen LogP contribution in [0, 0.1) is 0 Å². The first-order valence-electron chi connectivity index (χ1n) is 10.8. The first-order chi connectivity index (χ1) is 14.7. The van der Waals surface area contributed by atoms with E-state index >= 15 is 0 Å². The van der Waals surface area contributed by atoms with Crippen molar-refractivity contribution in [2.75, 3.05) is 17.2 Å². The molecule has 1 aliphatic heterocycles. The van der Waals surface area contributed by atoms with E-state index in [4.69, 9.17) is 5.73 Å². The first-order valence-corrected chi connectivity index (χ1v) is 10.8. The molecule has 0 radical (unpaired) electrons. The lowest BCUT2D eigenvalue weighted by molar-refractivity contribution is 0.0947. The lowest BCUT2D eigenvalue weighted by atomic mass is 9.90. The van der Waals surface area contributed by atoms with Gasteiger partial charge in [-0.1, -0.05) is 18.9 Å². The number of hydrogen-bond acceptors (Lipinski definition) is 5. The Hall–Kier alpha value is -3.12. The molecule has 30 heavy (non-hydrogen) atoms. The van der Waals surface area contributed by atoms with E-state index in [1.807, 2.05) is 30.3 Å². The van der Waals surface area contributed by atoms with Crippen LogP contribution in [0.1, 0.15) is 41.6 Å². The summed E-state index contributed by atoms with van der Waals surface area (Å²) in [6, 6.07) is 14.6. The Balaban J connectivity index is 1.50. The van der Waals surface area contributed by atoms with Crippen molar-refractivity contribution in [3.05, 3.63) is 59.8 Å². The number of nitrogens with zero attached hydrogens (tertiary/aromatic N) is 1. The number of pyridine rings is 1. The van der Waals surface area contributed by atoms with E-state index in [9.17, 15) is 4.79 Å². The molecule has 1 aromatic heterocycles. The Labute approximate surface area is 176 Å². The molecule has 1 saturated carbocycles. The minimum Gasteiger partial charge on any atom is -0.381 e. The standard InChI is InChI=1S/C24H27N5O/c25-19-5-1-2-6-21(19)29-18-13-16-9-11-27-24(30)23(16)22(14-18)28-17-7-8-20-15(12-17)4-3-10-26-20/h3-4,7-8,10,12-14,19,21,28-29H,1-2,5-6,9,11,25H2,(H,27,30)/t19-,21+/m0/s1. The molecule has 5 N–H and O–H groups in total. The molecular weight excluding hydrogens is 374 g/mol. The van der Waals surface area contributed by atoms with Crippen molar-refractivity contribution in [1.82, 2.24) is 10.3 Å². The second-order valence-electron chi connectivity index (χ2n) is 8.30. The summed E-state index contributed by atoms with van der Waals surface area (Å²) in [4.78, 5) is 17.0. The van der Waals surface area contributed by atoms with E-state index in [0.29, 0.717) is 6.54 Å². The Morgan fingerprint density at radius 1 is 1.07 bits per heavy atom. The summed E-state index contributed by atoms with van der Waals surface area (Å²) in [5.41, 5.74) is 11.9. The number of aromatic nitrogens is 1. The number of fused-ring (bicyclic) bond motifs is 2. The third-order valence-corrected chi connectivity index (χ3v) is 6.18. The highest BCUT2D eigenvalue weighted by atomic mass is 16.1. The molecule has 6 nitrogen and oxygen atoms in total. The Bertz CT molecular complexity index is 1100. The van der Waals surface area contributed by atoms with Gasteiger partial charge in [0.1, 0.15) is 0 Å². The molecule has 0 unspecified atom stereocenters. The van der Waals surface area contributed by atoms with E-state index in [0.717, 1.165) is 58.4 Å². The van der Waals surface area contributed by atoms with Gasteiger partial charge in [0.15, 0.2) is 0 Å². The van der Waals surface area contributed by atoms with E-state index in [1.165, 1.54) is 12.8 Å². The summed E-state index contributed by atoms with van der Waals surface area (Å²) in [7, 11) is 0. The Kier molecular flexibility index (Phi) is 5.01. The monoisotopic (exact) mass is 401 g/mol. The molecule has 6 heteroatoms. The normalized spacial score (nSPS) is 21.0. The molecule has 1 amide bonds. The zero-order chi connectivity index (χ0) is 20.5. The molecule has 2 aliphatic rings. The van der Waals surface area contributed by atoms with Crippen LogP contribution < -0.4 is 21.7 Å². The summed E-state index contributed by atoms with van der Waals surface area (Å²) >= 11 is 0. The second-order valence-corrected chi connectivity index (χ2v) is 8.30. The fourth-order valence-electron chi connectivity index (χ4n) is 4.61. The predicted octanol–water partition coefficient (Wildman–Crippen LogP) is 3.95.